The van der Waals surface area contributed by atoms with Gasteiger partial charge in [0, 0.05) is 23.8 Å². The average Bonchev–Trinajstić information content (AvgIpc) is 3.05. The Labute approximate surface area is 150 Å². The van der Waals surface area contributed by atoms with E-state index in [1.54, 1.807) is 35.9 Å². The molecule has 0 aliphatic carbocycles. The van der Waals surface area contributed by atoms with Gasteiger partial charge in [-0.1, -0.05) is 55.1 Å². The van der Waals surface area contributed by atoms with Gasteiger partial charge in [0.2, 0.25) is 0 Å². The first-order valence-corrected chi connectivity index (χ1v) is 9.88. The molecule has 0 bridgehead atoms. The fourth-order valence-electron chi connectivity index (χ4n) is 2.12. The molecule has 0 radical (unpaired) electrons. The van der Waals surface area contributed by atoms with Gasteiger partial charge in [0.05, 0.1) is 5.75 Å². The van der Waals surface area contributed by atoms with Gasteiger partial charge in [-0.25, -0.2) is 9.97 Å². The first-order valence-electron chi connectivity index (χ1n) is 7.91. The third kappa shape index (κ3) is 4.36. The van der Waals surface area contributed by atoms with E-state index in [9.17, 15) is 0 Å². The van der Waals surface area contributed by atoms with Crippen LogP contribution in [0, 0.1) is 0 Å². The predicted octanol–water partition coefficient (Wildman–Crippen LogP) is 4.24. The van der Waals surface area contributed by atoms with Crippen LogP contribution in [0.25, 0.3) is 5.69 Å². The summed E-state index contributed by atoms with van der Waals surface area (Å²) in [6.45, 7) is 2.20. The number of hydrogen-bond acceptors (Lipinski definition) is 6. The minimum Gasteiger partial charge on any atom is -0.273 e. The van der Waals surface area contributed by atoms with E-state index in [-0.39, 0.29) is 0 Å². The van der Waals surface area contributed by atoms with Crippen LogP contribution in [-0.4, -0.2) is 30.5 Å². The van der Waals surface area contributed by atoms with Crippen molar-refractivity contribution in [3.63, 3.8) is 0 Å². The largest absolute Gasteiger partial charge is 0.273 e. The van der Waals surface area contributed by atoms with E-state index in [1.165, 1.54) is 12.8 Å². The Kier molecular flexibility index (Phi) is 6.26. The maximum Gasteiger partial charge on any atom is 0.195 e. The van der Waals surface area contributed by atoms with Crippen molar-refractivity contribution in [1.82, 2.24) is 24.7 Å². The lowest BCUT2D eigenvalue weighted by atomic mass is 10.3. The lowest BCUT2D eigenvalue weighted by Gasteiger charge is -2.09. The molecule has 0 spiro atoms. The van der Waals surface area contributed by atoms with E-state index >= 15 is 0 Å². The Balaban J connectivity index is 1.82. The van der Waals surface area contributed by atoms with Gasteiger partial charge in [0.15, 0.2) is 10.3 Å². The van der Waals surface area contributed by atoms with Crippen LogP contribution in [-0.2, 0) is 5.75 Å². The summed E-state index contributed by atoms with van der Waals surface area (Å²) in [6.07, 6.45) is 5.86. The molecular formula is C17H19N5S2. The molecule has 1 aromatic carbocycles. The van der Waals surface area contributed by atoms with Crippen molar-refractivity contribution in [1.29, 1.82) is 0 Å². The number of nitrogens with zero attached hydrogens (tertiary/aromatic N) is 5. The zero-order chi connectivity index (χ0) is 16.6. The number of hydrogen-bond donors (Lipinski definition) is 0. The summed E-state index contributed by atoms with van der Waals surface area (Å²) in [5, 5.41) is 10.5. The van der Waals surface area contributed by atoms with Gasteiger partial charge in [0.1, 0.15) is 5.82 Å². The summed E-state index contributed by atoms with van der Waals surface area (Å²) >= 11 is 3.33. The molecule has 0 aliphatic rings. The minimum absolute atomic E-state index is 0.681. The highest BCUT2D eigenvalue weighted by molar-refractivity contribution is 7.99. The Morgan fingerprint density at radius 2 is 1.75 bits per heavy atom. The third-order valence-electron chi connectivity index (χ3n) is 3.32. The maximum atomic E-state index is 4.40. The molecule has 0 saturated heterocycles. The van der Waals surface area contributed by atoms with Crippen molar-refractivity contribution < 1.29 is 0 Å². The zero-order valence-electron chi connectivity index (χ0n) is 13.5. The average molecular weight is 358 g/mol. The molecular weight excluding hydrogens is 338 g/mol. The molecule has 0 fully saturated rings. The second kappa shape index (κ2) is 8.84. The molecule has 0 aliphatic heterocycles. The molecule has 7 heteroatoms. The first kappa shape index (κ1) is 17.0. The van der Waals surface area contributed by atoms with Gasteiger partial charge in [-0.3, -0.25) is 4.57 Å². The number of unbranched alkanes of at least 4 members (excludes halogenated alkanes) is 1. The van der Waals surface area contributed by atoms with Gasteiger partial charge < -0.3 is 0 Å². The summed E-state index contributed by atoms with van der Waals surface area (Å²) in [6, 6.07) is 12.1. The molecule has 0 saturated carbocycles. The van der Waals surface area contributed by atoms with E-state index in [1.807, 2.05) is 24.3 Å². The SMILES string of the molecule is CCCCSc1nnc(CSc2ncccn2)n1-c1ccccc1. The fourth-order valence-corrected chi connectivity index (χ4v) is 3.89. The van der Waals surface area contributed by atoms with E-state index in [0.717, 1.165) is 27.6 Å². The van der Waals surface area contributed by atoms with Gasteiger partial charge >= 0.3 is 0 Å². The second-order valence-corrected chi connectivity index (χ2v) is 7.10. The quantitative estimate of drug-likeness (QED) is 0.341. The Hall–Kier alpha value is -1.86. The molecule has 124 valence electrons. The molecule has 2 aromatic heterocycles. The molecule has 0 unspecified atom stereocenters. The molecule has 24 heavy (non-hydrogen) atoms. The van der Waals surface area contributed by atoms with Gasteiger partial charge in [0.25, 0.3) is 0 Å². The standard InChI is InChI=1S/C17H19N5S2/c1-2-3-12-23-17-21-20-15(13-24-16-18-10-7-11-19-16)22(17)14-8-5-4-6-9-14/h4-11H,2-3,12-13H2,1H3. The lowest BCUT2D eigenvalue weighted by Crippen LogP contribution is -2.02. The predicted molar refractivity (Wildman–Crippen MR) is 98.6 cm³/mol. The first-order chi connectivity index (χ1) is 11.9. The highest BCUT2D eigenvalue weighted by Gasteiger charge is 2.14. The summed E-state index contributed by atoms with van der Waals surface area (Å²) in [5.74, 6) is 2.65. The minimum atomic E-state index is 0.681. The number of rotatable bonds is 8. The van der Waals surface area contributed by atoms with Crippen LogP contribution in [0.4, 0.5) is 0 Å². The van der Waals surface area contributed by atoms with E-state index in [2.05, 4.69) is 43.8 Å². The fraction of sp³-hybridized carbons (Fsp3) is 0.294. The lowest BCUT2D eigenvalue weighted by molar-refractivity contribution is 0.851. The number of aromatic nitrogens is 5. The smallest absolute Gasteiger partial charge is 0.195 e. The van der Waals surface area contributed by atoms with Gasteiger partial charge in [-0.15, -0.1) is 10.2 Å². The van der Waals surface area contributed by atoms with Crippen molar-refractivity contribution in [2.24, 2.45) is 0 Å². The highest BCUT2D eigenvalue weighted by atomic mass is 32.2. The number of para-hydroxylation sites is 1. The van der Waals surface area contributed by atoms with Crippen molar-refractivity contribution in [2.75, 3.05) is 5.75 Å². The summed E-state index contributed by atoms with van der Waals surface area (Å²) in [4.78, 5) is 8.51. The molecule has 2 heterocycles. The summed E-state index contributed by atoms with van der Waals surface area (Å²) in [5.41, 5.74) is 1.09. The molecule has 5 nitrogen and oxygen atoms in total. The van der Waals surface area contributed by atoms with E-state index in [0.29, 0.717) is 5.75 Å². The number of thioether (sulfide) groups is 2. The zero-order valence-corrected chi connectivity index (χ0v) is 15.1. The molecule has 0 N–H and O–H groups in total. The normalized spacial score (nSPS) is 10.9. The topological polar surface area (TPSA) is 56.5 Å². The van der Waals surface area contributed by atoms with Crippen molar-refractivity contribution in [3.05, 3.63) is 54.6 Å². The van der Waals surface area contributed by atoms with Crippen molar-refractivity contribution in [3.8, 4) is 5.69 Å². The van der Waals surface area contributed by atoms with E-state index in [4.69, 9.17) is 0 Å². The van der Waals surface area contributed by atoms with Crippen LogP contribution in [0.15, 0.2) is 59.1 Å². The Bertz CT molecular complexity index is 746. The third-order valence-corrected chi connectivity index (χ3v) is 5.20. The number of benzene rings is 1. The van der Waals surface area contributed by atoms with Crippen LogP contribution in [0.2, 0.25) is 0 Å². The van der Waals surface area contributed by atoms with Crippen LogP contribution < -0.4 is 0 Å². The molecule has 0 atom stereocenters. The van der Waals surface area contributed by atoms with E-state index < -0.39 is 0 Å². The maximum absolute atomic E-state index is 4.40. The van der Waals surface area contributed by atoms with Crippen molar-refractivity contribution in [2.45, 2.75) is 35.8 Å². The Morgan fingerprint density at radius 1 is 0.958 bits per heavy atom. The Morgan fingerprint density at radius 3 is 2.50 bits per heavy atom. The monoisotopic (exact) mass is 357 g/mol. The molecule has 3 aromatic rings. The molecule has 3 rings (SSSR count). The van der Waals surface area contributed by atoms with Crippen molar-refractivity contribution >= 4 is 23.5 Å². The van der Waals surface area contributed by atoms with Crippen LogP contribution >= 0.6 is 23.5 Å². The van der Waals surface area contributed by atoms with Gasteiger partial charge in [-0.05, 0) is 24.6 Å². The summed E-state index contributed by atoms with van der Waals surface area (Å²) < 4.78 is 2.14. The van der Waals surface area contributed by atoms with Crippen LogP contribution in [0.3, 0.4) is 0 Å². The second-order valence-electron chi connectivity index (χ2n) is 5.09. The van der Waals surface area contributed by atoms with Gasteiger partial charge in [-0.2, -0.15) is 0 Å². The van der Waals surface area contributed by atoms with Crippen LogP contribution in [0.5, 0.6) is 0 Å². The summed E-state index contributed by atoms with van der Waals surface area (Å²) in [7, 11) is 0. The van der Waals surface area contributed by atoms with Crippen LogP contribution in [0.1, 0.15) is 25.6 Å². The molecule has 0 amide bonds. The highest BCUT2D eigenvalue weighted by Crippen LogP contribution is 2.26.